The van der Waals surface area contributed by atoms with E-state index < -0.39 is 0 Å². The molecule has 1 aliphatic carbocycles. The molecule has 1 fully saturated rings. The minimum atomic E-state index is 0.810. The van der Waals surface area contributed by atoms with Crippen LogP contribution in [0.15, 0.2) is 0 Å². The largest absolute Gasteiger partial charge is 0.314 e. The quantitative estimate of drug-likeness (QED) is 0.605. The van der Waals surface area contributed by atoms with Crippen molar-refractivity contribution in [3.8, 4) is 0 Å². The van der Waals surface area contributed by atoms with Gasteiger partial charge in [0, 0.05) is 13.0 Å². The molecule has 3 nitrogen and oxygen atoms in total. The molecule has 1 aliphatic rings. The molecule has 2 rings (SSSR count). The van der Waals surface area contributed by atoms with E-state index in [-0.39, 0.29) is 0 Å². The van der Waals surface area contributed by atoms with Crippen LogP contribution in [0.5, 0.6) is 0 Å². The first kappa shape index (κ1) is 14.0. The smallest absolute Gasteiger partial charge is 0.143 e. The molecule has 1 aromatic rings. The predicted molar refractivity (Wildman–Crippen MR) is 77.8 cm³/mol. The van der Waals surface area contributed by atoms with E-state index >= 15 is 0 Å². The topological polar surface area (TPSA) is 30.7 Å². The number of hydrogen-bond acceptors (Lipinski definition) is 2. The van der Waals surface area contributed by atoms with Crippen LogP contribution in [0.25, 0.3) is 0 Å². The van der Waals surface area contributed by atoms with E-state index in [4.69, 9.17) is 0 Å². The minimum Gasteiger partial charge on any atom is -0.314 e. The SMILES string of the molecule is CCCn1c(CBr)nnc1CC1CCCCCC1. The number of halogens is 1. The summed E-state index contributed by atoms with van der Waals surface area (Å²) in [5.41, 5.74) is 0. The molecule has 4 heteroatoms. The molecule has 0 N–H and O–H groups in total. The Morgan fingerprint density at radius 1 is 1.11 bits per heavy atom. The molecule has 1 heterocycles. The molecule has 0 amide bonds. The zero-order valence-electron chi connectivity index (χ0n) is 11.4. The van der Waals surface area contributed by atoms with E-state index in [9.17, 15) is 0 Å². The van der Waals surface area contributed by atoms with E-state index in [2.05, 4.69) is 37.6 Å². The van der Waals surface area contributed by atoms with Crippen LogP contribution in [0, 0.1) is 5.92 Å². The summed E-state index contributed by atoms with van der Waals surface area (Å²) in [7, 11) is 0. The van der Waals surface area contributed by atoms with Crippen molar-refractivity contribution >= 4 is 15.9 Å². The molecule has 0 radical (unpaired) electrons. The van der Waals surface area contributed by atoms with Gasteiger partial charge in [0.25, 0.3) is 0 Å². The van der Waals surface area contributed by atoms with Crippen molar-refractivity contribution in [2.75, 3.05) is 0 Å². The monoisotopic (exact) mass is 313 g/mol. The van der Waals surface area contributed by atoms with Gasteiger partial charge in [0.15, 0.2) is 0 Å². The summed E-state index contributed by atoms with van der Waals surface area (Å²) in [6, 6.07) is 0. The van der Waals surface area contributed by atoms with Crippen LogP contribution in [0.2, 0.25) is 0 Å². The fourth-order valence-electron chi connectivity index (χ4n) is 2.93. The van der Waals surface area contributed by atoms with Crippen molar-refractivity contribution in [2.45, 2.75) is 70.2 Å². The first-order valence-corrected chi connectivity index (χ1v) is 8.44. The van der Waals surface area contributed by atoms with Gasteiger partial charge >= 0.3 is 0 Å². The van der Waals surface area contributed by atoms with Crippen LogP contribution in [-0.4, -0.2) is 14.8 Å². The second-order valence-electron chi connectivity index (χ2n) is 5.38. The van der Waals surface area contributed by atoms with Crippen molar-refractivity contribution < 1.29 is 0 Å². The number of aromatic nitrogens is 3. The van der Waals surface area contributed by atoms with Gasteiger partial charge in [-0.25, -0.2) is 0 Å². The Kier molecular flexibility index (Phi) is 5.67. The molecular formula is C14H24BrN3. The summed E-state index contributed by atoms with van der Waals surface area (Å²) in [6.45, 7) is 3.27. The molecule has 0 spiro atoms. The Balaban J connectivity index is 2.04. The molecule has 0 bridgehead atoms. The van der Waals surface area contributed by atoms with Crippen LogP contribution in [-0.2, 0) is 18.3 Å². The highest BCUT2D eigenvalue weighted by Gasteiger charge is 2.17. The number of alkyl halides is 1. The lowest BCUT2D eigenvalue weighted by molar-refractivity contribution is 0.436. The standard InChI is InChI=1S/C14H24BrN3/c1-2-9-18-13(16-17-14(18)11-15)10-12-7-5-3-4-6-8-12/h12H,2-11H2,1H3. The normalized spacial score (nSPS) is 17.9. The summed E-state index contributed by atoms with van der Waals surface area (Å²) in [5, 5.41) is 9.53. The third-order valence-corrected chi connectivity index (χ3v) is 4.42. The lowest BCUT2D eigenvalue weighted by Crippen LogP contribution is -2.11. The van der Waals surface area contributed by atoms with Crippen LogP contribution in [0.1, 0.15) is 63.5 Å². The maximum Gasteiger partial charge on any atom is 0.143 e. The minimum absolute atomic E-state index is 0.810. The van der Waals surface area contributed by atoms with E-state index in [1.807, 2.05) is 0 Å². The number of rotatable bonds is 5. The maximum absolute atomic E-state index is 4.41. The Bertz CT molecular complexity index is 354. The molecule has 1 saturated carbocycles. The molecule has 1 aromatic heterocycles. The summed E-state index contributed by atoms with van der Waals surface area (Å²) in [6.07, 6.45) is 10.7. The first-order valence-electron chi connectivity index (χ1n) is 7.32. The van der Waals surface area contributed by atoms with E-state index in [1.54, 1.807) is 0 Å². The second kappa shape index (κ2) is 7.27. The van der Waals surface area contributed by atoms with Gasteiger partial charge in [-0.1, -0.05) is 61.4 Å². The van der Waals surface area contributed by atoms with E-state index in [0.29, 0.717) is 0 Å². The fourth-order valence-corrected chi connectivity index (χ4v) is 3.35. The molecule has 18 heavy (non-hydrogen) atoms. The molecule has 0 aromatic carbocycles. The van der Waals surface area contributed by atoms with E-state index in [1.165, 1.54) is 44.3 Å². The average Bonchev–Trinajstić information content (AvgIpc) is 2.60. The van der Waals surface area contributed by atoms with Gasteiger partial charge in [0.2, 0.25) is 0 Å². The lowest BCUT2D eigenvalue weighted by atomic mass is 9.96. The molecule has 0 aliphatic heterocycles. The number of hydrogen-bond donors (Lipinski definition) is 0. The summed E-state index contributed by atoms with van der Waals surface area (Å²) in [5.74, 6) is 3.12. The van der Waals surface area contributed by atoms with Gasteiger partial charge in [-0.3, -0.25) is 0 Å². The van der Waals surface area contributed by atoms with Gasteiger partial charge in [0.05, 0.1) is 5.33 Å². The molecule has 102 valence electrons. The Labute approximate surface area is 118 Å². The van der Waals surface area contributed by atoms with Crippen LogP contribution >= 0.6 is 15.9 Å². The third kappa shape index (κ3) is 3.56. The Morgan fingerprint density at radius 3 is 2.39 bits per heavy atom. The Morgan fingerprint density at radius 2 is 1.78 bits per heavy atom. The van der Waals surface area contributed by atoms with Gasteiger partial charge in [-0.15, -0.1) is 10.2 Å². The van der Waals surface area contributed by atoms with Crippen molar-refractivity contribution in [1.29, 1.82) is 0 Å². The fraction of sp³-hybridized carbons (Fsp3) is 0.857. The second-order valence-corrected chi connectivity index (χ2v) is 5.94. The first-order chi connectivity index (χ1) is 8.85. The van der Waals surface area contributed by atoms with Gasteiger partial charge in [-0.2, -0.15) is 0 Å². The van der Waals surface area contributed by atoms with Gasteiger partial charge < -0.3 is 4.57 Å². The lowest BCUT2D eigenvalue weighted by Gasteiger charge is -2.14. The van der Waals surface area contributed by atoms with Crippen molar-refractivity contribution in [1.82, 2.24) is 14.8 Å². The molecule has 0 atom stereocenters. The maximum atomic E-state index is 4.41. The Hall–Kier alpha value is -0.380. The summed E-state index contributed by atoms with van der Waals surface area (Å²) in [4.78, 5) is 0. The highest BCUT2D eigenvalue weighted by atomic mass is 79.9. The van der Waals surface area contributed by atoms with Crippen LogP contribution in [0.3, 0.4) is 0 Å². The highest BCUT2D eigenvalue weighted by Crippen LogP contribution is 2.26. The summed E-state index contributed by atoms with van der Waals surface area (Å²) >= 11 is 3.51. The third-order valence-electron chi connectivity index (χ3n) is 3.92. The van der Waals surface area contributed by atoms with Crippen molar-refractivity contribution in [3.05, 3.63) is 11.6 Å². The zero-order valence-corrected chi connectivity index (χ0v) is 13.0. The molecule has 0 saturated heterocycles. The molecular weight excluding hydrogens is 290 g/mol. The van der Waals surface area contributed by atoms with Crippen molar-refractivity contribution in [2.24, 2.45) is 5.92 Å². The van der Waals surface area contributed by atoms with Crippen molar-refractivity contribution in [3.63, 3.8) is 0 Å². The van der Waals surface area contributed by atoms with Gasteiger partial charge in [0.1, 0.15) is 11.6 Å². The zero-order chi connectivity index (χ0) is 12.8. The predicted octanol–water partition coefficient (Wildman–Crippen LogP) is 4.10. The van der Waals surface area contributed by atoms with Gasteiger partial charge in [-0.05, 0) is 12.3 Å². The summed E-state index contributed by atoms with van der Waals surface area (Å²) < 4.78 is 2.32. The van der Waals surface area contributed by atoms with Crippen LogP contribution < -0.4 is 0 Å². The highest BCUT2D eigenvalue weighted by molar-refractivity contribution is 9.08. The number of nitrogens with zero attached hydrogens (tertiary/aromatic N) is 3. The average molecular weight is 314 g/mol. The molecule has 0 unspecified atom stereocenters. The van der Waals surface area contributed by atoms with E-state index in [0.717, 1.165) is 36.5 Å². The van der Waals surface area contributed by atoms with Crippen LogP contribution in [0.4, 0.5) is 0 Å².